The molecule has 0 aromatic carbocycles. The van der Waals surface area contributed by atoms with Crippen LogP contribution in [0.2, 0.25) is 0 Å². The van der Waals surface area contributed by atoms with Crippen molar-refractivity contribution in [3.63, 3.8) is 0 Å². The lowest BCUT2D eigenvalue weighted by atomic mass is 10.2. The quantitative estimate of drug-likeness (QED) is 0.590. The molecule has 3 rings (SSSR count). The molecule has 142 valence electrons. The number of H-pyrrole nitrogens is 1. The van der Waals surface area contributed by atoms with Crippen molar-refractivity contribution in [2.24, 2.45) is 0 Å². The van der Waals surface area contributed by atoms with Gasteiger partial charge in [0.15, 0.2) is 5.82 Å². The van der Waals surface area contributed by atoms with E-state index in [1.807, 2.05) is 0 Å². The third-order valence-corrected chi connectivity index (χ3v) is 3.61. The molecule has 0 aliphatic rings. The molecule has 11 heteroatoms. The summed E-state index contributed by atoms with van der Waals surface area (Å²) in [5.41, 5.74) is 0.947. The number of halogens is 4. The number of fused-ring (bicyclic) bond motifs is 1. The zero-order chi connectivity index (χ0) is 19.6. The number of nitrogens with one attached hydrogen (secondary N) is 3. The van der Waals surface area contributed by atoms with Crippen LogP contribution in [0.4, 0.5) is 23.4 Å². The van der Waals surface area contributed by atoms with Crippen LogP contribution in [0, 0.1) is 5.82 Å². The van der Waals surface area contributed by atoms with E-state index in [9.17, 15) is 22.4 Å². The molecule has 27 heavy (non-hydrogen) atoms. The van der Waals surface area contributed by atoms with Gasteiger partial charge < -0.3 is 15.6 Å². The van der Waals surface area contributed by atoms with Crippen molar-refractivity contribution in [2.75, 3.05) is 11.9 Å². The van der Waals surface area contributed by atoms with Gasteiger partial charge in [0.05, 0.1) is 6.20 Å². The average Bonchev–Trinajstić information content (AvgIpc) is 3.02. The Hall–Kier alpha value is -3.24. The number of pyridine rings is 1. The largest absolute Gasteiger partial charge is 0.405 e. The number of rotatable bonds is 5. The zero-order valence-electron chi connectivity index (χ0n) is 13.9. The highest BCUT2D eigenvalue weighted by Crippen LogP contribution is 2.26. The molecular weight excluding hydrogens is 368 g/mol. The van der Waals surface area contributed by atoms with Crippen LogP contribution in [0.25, 0.3) is 22.4 Å². The first-order valence-corrected chi connectivity index (χ1v) is 7.80. The van der Waals surface area contributed by atoms with Gasteiger partial charge in [-0.3, -0.25) is 4.79 Å². The molecule has 0 spiro atoms. The van der Waals surface area contributed by atoms with Gasteiger partial charge in [-0.1, -0.05) is 0 Å². The maximum Gasteiger partial charge on any atom is 0.405 e. The predicted molar refractivity (Wildman–Crippen MR) is 89.2 cm³/mol. The normalized spacial score (nSPS) is 12.8. The maximum atomic E-state index is 13.5. The summed E-state index contributed by atoms with van der Waals surface area (Å²) in [6, 6.07) is 1.78. The van der Waals surface area contributed by atoms with Crippen LogP contribution in [0.15, 0.2) is 30.7 Å². The number of carbonyl (C=O) groups excluding carboxylic acids is 1. The van der Waals surface area contributed by atoms with E-state index < -0.39 is 30.5 Å². The molecule has 0 saturated carbocycles. The van der Waals surface area contributed by atoms with E-state index in [0.29, 0.717) is 16.6 Å². The van der Waals surface area contributed by atoms with E-state index in [4.69, 9.17) is 0 Å². The number of carbonyl (C=O) groups is 1. The number of anilines is 1. The highest BCUT2D eigenvalue weighted by molar-refractivity contribution is 5.91. The van der Waals surface area contributed by atoms with Gasteiger partial charge >= 0.3 is 6.18 Å². The number of amides is 1. The van der Waals surface area contributed by atoms with E-state index in [-0.39, 0.29) is 11.6 Å². The summed E-state index contributed by atoms with van der Waals surface area (Å²) < 4.78 is 50.0. The number of alkyl halides is 3. The maximum absolute atomic E-state index is 13.5. The number of aromatic amines is 1. The summed E-state index contributed by atoms with van der Waals surface area (Å²) in [7, 11) is 0. The monoisotopic (exact) mass is 382 g/mol. The summed E-state index contributed by atoms with van der Waals surface area (Å²) in [5, 5.41) is 4.97. The minimum absolute atomic E-state index is 0.230. The van der Waals surface area contributed by atoms with Crippen molar-refractivity contribution >= 4 is 22.8 Å². The Labute approximate surface area is 150 Å². The summed E-state index contributed by atoms with van der Waals surface area (Å²) in [6.07, 6.45) is -0.439. The van der Waals surface area contributed by atoms with Crippen molar-refractivity contribution in [3.05, 3.63) is 36.5 Å². The highest BCUT2D eigenvalue weighted by atomic mass is 19.4. The van der Waals surface area contributed by atoms with Crippen LogP contribution in [-0.4, -0.2) is 44.6 Å². The van der Waals surface area contributed by atoms with Gasteiger partial charge in [-0.15, -0.1) is 0 Å². The van der Waals surface area contributed by atoms with E-state index >= 15 is 0 Å². The van der Waals surface area contributed by atoms with Crippen LogP contribution < -0.4 is 10.6 Å². The van der Waals surface area contributed by atoms with Gasteiger partial charge in [0.25, 0.3) is 0 Å². The summed E-state index contributed by atoms with van der Waals surface area (Å²) >= 11 is 0. The number of aromatic nitrogens is 4. The Morgan fingerprint density at radius 1 is 1.33 bits per heavy atom. The van der Waals surface area contributed by atoms with Crippen molar-refractivity contribution in [1.82, 2.24) is 25.3 Å². The second kappa shape index (κ2) is 7.17. The van der Waals surface area contributed by atoms with Gasteiger partial charge in [0.1, 0.15) is 29.9 Å². The van der Waals surface area contributed by atoms with Crippen molar-refractivity contribution < 1.29 is 22.4 Å². The molecule has 3 heterocycles. The lowest BCUT2D eigenvalue weighted by Gasteiger charge is -2.15. The molecule has 3 aromatic rings. The van der Waals surface area contributed by atoms with Crippen LogP contribution in [0.1, 0.15) is 6.92 Å². The third kappa shape index (κ3) is 4.49. The van der Waals surface area contributed by atoms with Crippen LogP contribution in [-0.2, 0) is 4.79 Å². The topological polar surface area (TPSA) is 95.6 Å². The van der Waals surface area contributed by atoms with E-state index in [0.717, 1.165) is 6.20 Å². The van der Waals surface area contributed by atoms with Crippen LogP contribution >= 0.6 is 0 Å². The third-order valence-electron chi connectivity index (χ3n) is 3.61. The molecular formula is C16H14F4N6O. The van der Waals surface area contributed by atoms with Gasteiger partial charge in [-0.05, 0) is 19.1 Å². The van der Waals surface area contributed by atoms with Gasteiger partial charge in [-0.2, -0.15) is 13.2 Å². The second-order valence-electron chi connectivity index (χ2n) is 5.72. The molecule has 0 unspecified atom stereocenters. The summed E-state index contributed by atoms with van der Waals surface area (Å²) in [5.74, 6) is -0.881. The molecule has 0 fully saturated rings. The van der Waals surface area contributed by atoms with Crippen molar-refractivity contribution in [1.29, 1.82) is 0 Å². The van der Waals surface area contributed by atoms with E-state index in [1.54, 1.807) is 11.5 Å². The highest BCUT2D eigenvalue weighted by Gasteiger charge is 2.28. The first-order valence-electron chi connectivity index (χ1n) is 7.80. The predicted octanol–water partition coefficient (Wildman–Crippen LogP) is 2.64. The Balaban J connectivity index is 1.77. The van der Waals surface area contributed by atoms with Gasteiger partial charge in [0, 0.05) is 23.3 Å². The molecule has 7 nitrogen and oxygen atoms in total. The zero-order valence-corrected chi connectivity index (χ0v) is 13.9. The van der Waals surface area contributed by atoms with Crippen molar-refractivity contribution in [2.45, 2.75) is 19.1 Å². The number of nitrogens with zero attached hydrogens (tertiary/aromatic N) is 3. The summed E-state index contributed by atoms with van der Waals surface area (Å²) in [6.45, 7) is -0.0146. The Bertz CT molecular complexity index is 971. The lowest BCUT2D eigenvalue weighted by Crippen LogP contribution is -2.42. The molecule has 0 aliphatic carbocycles. The lowest BCUT2D eigenvalue weighted by molar-refractivity contribution is -0.138. The van der Waals surface area contributed by atoms with Gasteiger partial charge in [-0.25, -0.2) is 19.3 Å². The molecule has 0 bridgehead atoms. The number of hydrogen-bond donors (Lipinski definition) is 3. The summed E-state index contributed by atoms with van der Waals surface area (Å²) in [4.78, 5) is 26.9. The Morgan fingerprint density at radius 2 is 2.11 bits per heavy atom. The molecule has 1 atom stereocenters. The minimum atomic E-state index is -4.49. The molecule has 1 amide bonds. The molecule has 3 aromatic heterocycles. The van der Waals surface area contributed by atoms with Crippen LogP contribution in [0.5, 0.6) is 0 Å². The van der Waals surface area contributed by atoms with Gasteiger partial charge in [0.2, 0.25) is 5.91 Å². The average molecular weight is 382 g/mol. The van der Waals surface area contributed by atoms with E-state index in [1.165, 1.54) is 25.3 Å². The second-order valence-corrected chi connectivity index (χ2v) is 5.72. The first-order chi connectivity index (χ1) is 12.7. The Kier molecular flexibility index (Phi) is 4.93. The first kappa shape index (κ1) is 18.5. The molecule has 0 radical (unpaired) electrons. The molecule has 3 N–H and O–H groups in total. The Morgan fingerprint density at radius 3 is 2.85 bits per heavy atom. The number of hydrogen-bond acceptors (Lipinski definition) is 5. The fourth-order valence-corrected chi connectivity index (χ4v) is 2.36. The standard InChI is InChI=1S/C16H14F4N6O/c1-8(15(27)24-7-16(18,19)20)25-12-2-3-21-14(26-12)11-6-23-13-10(11)4-9(17)5-22-13/h2-6,8H,7H2,1H3,(H,22,23)(H,24,27)(H,21,25,26)/t8-/m1/s1. The van der Waals surface area contributed by atoms with E-state index in [2.05, 4.69) is 25.3 Å². The van der Waals surface area contributed by atoms with Crippen LogP contribution in [0.3, 0.4) is 0 Å². The smallest absolute Gasteiger partial charge is 0.359 e. The van der Waals surface area contributed by atoms with Crippen molar-refractivity contribution in [3.8, 4) is 11.4 Å². The fraction of sp³-hybridized carbons (Fsp3) is 0.250. The fourth-order valence-electron chi connectivity index (χ4n) is 2.36. The SMILES string of the molecule is C[C@@H](Nc1ccnc(-c2c[nH]c3ncc(F)cc23)n1)C(=O)NCC(F)(F)F. The molecule has 0 saturated heterocycles. The minimum Gasteiger partial charge on any atom is -0.359 e. The molecule has 0 aliphatic heterocycles.